The second kappa shape index (κ2) is 6.67. The van der Waals surface area contributed by atoms with Crippen molar-refractivity contribution in [2.45, 2.75) is 4.90 Å². The van der Waals surface area contributed by atoms with Crippen molar-refractivity contribution in [1.29, 1.82) is 0 Å². The summed E-state index contributed by atoms with van der Waals surface area (Å²) >= 11 is 0. The van der Waals surface area contributed by atoms with Gasteiger partial charge in [0.25, 0.3) is 15.7 Å². The molecule has 0 aliphatic heterocycles. The number of esters is 1. The molecule has 0 radical (unpaired) electrons. The number of carbonyl (C=O) groups is 1. The third kappa shape index (κ3) is 3.35. The fourth-order valence-corrected chi connectivity index (χ4v) is 3.16. The number of anilines is 1. The molecule has 0 aromatic heterocycles. The van der Waals surface area contributed by atoms with E-state index < -0.39 is 20.9 Å². The Balaban J connectivity index is 2.31. The van der Waals surface area contributed by atoms with Gasteiger partial charge in [-0.1, -0.05) is 0 Å². The van der Waals surface area contributed by atoms with Gasteiger partial charge in [0, 0.05) is 19.2 Å². The molecule has 0 aliphatic rings. The molecule has 2 aromatic carbocycles. The monoisotopic (exact) mass is 350 g/mol. The molecular weight excluding hydrogens is 336 g/mol. The van der Waals surface area contributed by atoms with Crippen LogP contribution in [0.15, 0.2) is 53.4 Å². The van der Waals surface area contributed by atoms with Gasteiger partial charge in [-0.3, -0.25) is 14.4 Å². The molecule has 24 heavy (non-hydrogen) atoms. The van der Waals surface area contributed by atoms with Gasteiger partial charge in [-0.05, 0) is 36.4 Å². The van der Waals surface area contributed by atoms with Crippen molar-refractivity contribution in [1.82, 2.24) is 0 Å². The molecule has 0 unspecified atom stereocenters. The molecule has 8 nitrogen and oxygen atoms in total. The Morgan fingerprint density at radius 3 is 2.08 bits per heavy atom. The van der Waals surface area contributed by atoms with E-state index in [4.69, 9.17) is 0 Å². The zero-order valence-electron chi connectivity index (χ0n) is 12.9. The van der Waals surface area contributed by atoms with Gasteiger partial charge in [0.1, 0.15) is 0 Å². The summed E-state index contributed by atoms with van der Waals surface area (Å²) in [4.78, 5) is 21.3. The van der Waals surface area contributed by atoms with E-state index in [0.29, 0.717) is 11.3 Å². The molecule has 0 fully saturated rings. The first-order chi connectivity index (χ1) is 11.3. The van der Waals surface area contributed by atoms with E-state index >= 15 is 0 Å². The number of sulfonamides is 1. The maximum atomic E-state index is 12.6. The number of hydrogen-bond donors (Lipinski definition) is 0. The highest BCUT2D eigenvalue weighted by molar-refractivity contribution is 7.92. The minimum Gasteiger partial charge on any atom is -0.465 e. The van der Waals surface area contributed by atoms with Crippen LogP contribution in [0.4, 0.5) is 11.4 Å². The van der Waals surface area contributed by atoms with Crippen LogP contribution in [-0.4, -0.2) is 33.5 Å². The van der Waals surface area contributed by atoms with Gasteiger partial charge in [0.15, 0.2) is 0 Å². The predicted molar refractivity (Wildman–Crippen MR) is 86.5 cm³/mol. The lowest BCUT2D eigenvalue weighted by Crippen LogP contribution is -2.26. The highest BCUT2D eigenvalue weighted by atomic mass is 32.2. The van der Waals surface area contributed by atoms with Crippen LogP contribution in [0.2, 0.25) is 0 Å². The molecule has 126 valence electrons. The number of ether oxygens (including phenoxy) is 1. The zero-order chi connectivity index (χ0) is 17.9. The van der Waals surface area contributed by atoms with Crippen LogP contribution in [0.3, 0.4) is 0 Å². The van der Waals surface area contributed by atoms with Crippen molar-refractivity contribution in [3.63, 3.8) is 0 Å². The summed E-state index contributed by atoms with van der Waals surface area (Å²) in [6.07, 6.45) is 0. The zero-order valence-corrected chi connectivity index (χ0v) is 13.7. The summed E-state index contributed by atoms with van der Waals surface area (Å²) in [5.74, 6) is -0.526. The molecule has 9 heteroatoms. The van der Waals surface area contributed by atoms with Crippen LogP contribution in [0.5, 0.6) is 0 Å². The summed E-state index contributed by atoms with van der Waals surface area (Å²) < 4.78 is 30.7. The van der Waals surface area contributed by atoms with Crippen LogP contribution in [-0.2, 0) is 14.8 Å². The average molecular weight is 350 g/mol. The number of benzene rings is 2. The summed E-state index contributed by atoms with van der Waals surface area (Å²) in [6, 6.07) is 10.4. The number of nitro groups is 1. The Labute approximate surface area is 138 Å². The van der Waals surface area contributed by atoms with Gasteiger partial charge in [-0.15, -0.1) is 0 Å². The number of nitro benzene ring substituents is 1. The van der Waals surface area contributed by atoms with Crippen LogP contribution < -0.4 is 4.31 Å². The Morgan fingerprint density at radius 1 is 1.08 bits per heavy atom. The van der Waals surface area contributed by atoms with E-state index in [1.807, 2.05) is 0 Å². The number of hydrogen-bond acceptors (Lipinski definition) is 6. The summed E-state index contributed by atoms with van der Waals surface area (Å²) in [6.45, 7) is 0. The lowest BCUT2D eigenvalue weighted by Gasteiger charge is -2.19. The van der Waals surface area contributed by atoms with E-state index in [9.17, 15) is 23.3 Å². The summed E-state index contributed by atoms with van der Waals surface area (Å²) in [7, 11) is -1.28. The van der Waals surface area contributed by atoms with Gasteiger partial charge in [0.05, 0.1) is 28.2 Å². The van der Waals surface area contributed by atoms with Gasteiger partial charge >= 0.3 is 5.97 Å². The molecule has 0 saturated carbocycles. The lowest BCUT2D eigenvalue weighted by molar-refractivity contribution is -0.384. The molecule has 0 spiro atoms. The largest absolute Gasteiger partial charge is 0.465 e. The molecular formula is C15H14N2O6S. The second-order valence-electron chi connectivity index (χ2n) is 4.76. The molecule has 0 saturated heterocycles. The van der Waals surface area contributed by atoms with Crippen molar-refractivity contribution in [3.05, 3.63) is 64.2 Å². The van der Waals surface area contributed by atoms with Gasteiger partial charge < -0.3 is 4.74 Å². The minimum atomic E-state index is -3.88. The van der Waals surface area contributed by atoms with E-state index in [-0.39, 0.29) is 10.6 Å². The van der Waals surface area contributed by atoms with Crippen molar-refractivity contribution in [3.8, 4) is 0 Å². The van der Waals surface area contributed by atoms with E-state index in [1.165, 1.54) is 50.6 Å². The number of non-ortho nitro benzene ring substituents is 1. The van der Waals surface area contributed by atoms with Crippen molar-refractivity contribution >= 4 is 27.4 Å². The maximum absolute atomic E-state index is 12.6. The van der Waals surface area contributed by atoms with Gasteiger partial charge in [0.2, 0.25) is 0 Å². The van der Waals surface area contributed by atoms with Gasteiger partial charge in [-0.2, -0.15) is 0 Å². The Bertz CT molecular complexity index is 860. The molecule has 2 rings (SSSR count). The Kier molecular flexibility index (Phi) is 4.84. The van der Waals surface area contributed by atoms with Crippen molar-refractivity contribution < 1.29 is 22.9 Å². The van der Waals surface area contributed by atoms with Crippen LogP contribution in [0.1, 0.15) is 10.4 Å². The molecule has 0 atom stereocenters. The first-order valence-corrected chi connectivity index (χ1v) is 8.13. The van der Waals surface area contributed by atoms with Crippen LogP contribution in [0, 0.1) is 10.1 Å². The van der Waals surface area contributed by atoms with Crippen molar-refractivity contribution in [2.75, 3.05) is 18.5 Å². The topological polar surface area (TPSA) is 107 Å². The fraction of sp³-hybridized carbons (Fsp3) is 0.133. The first-order valence-electron chi connectivity index (χ1n) is 6.69. The number of rotatable bonds is 5. The van der Waals surface area contributed by atoms with Crippen LogP contribution >= 0.6 is 0 Å². The SMILES string of the molecule is COC(=O)c1ccc(N(C)S(=O)(=O)c2ccc([N+](=O)[O-])cc2)cc1. The maximum Gasteiger partial charge on any atom is 0.337 e. The molecule has 0 amide bonds. The number of carbonyl (C=O) groups excluding carboxylic acids is 1. The van der Waals surface area contributed by atoms with Gasteiger partial charge in [-0.25, -0.2) is 13.2 Å². The number of methoxy groups -OCH3 is 1. The van der Waals surface area contributed by atoms with E-state index in [1.54, 1.807) is 0 Å². The third-order valence-corrected chi connectivity index (χ3v) is 5.16. The molecule has 2 aromatic rings. The van der Waals surface area contributed by atoms with E-state index in [2.05, 4.69) is 4.74 Å². The van der Waals surface area contributed by atoms with Crippen LogP contribution in [0.25, 0.3) is 0 Å². The fourth-order valence-electron chi connectivity index (χ4n) is 1.96. The lowest BCUT2D eigenvalue weighted by atomic mass is 10.2. The average Bonchev–Trinajstić information content (AvgIpc) is 2.60. The predicted octanol–water partition coefficient (Wildman–Crippen LogP) is 2.21. The van der Waals surface area contributed by atoms with E-state index in [0.717, 1.165) is 16.4 Å². The Morgan fingerprint density at radius 2 is 1.62 bits per heavy atom. The van der Waals surface area contributed by atoms with Crippen molar-refractivity contribution in [2.24, 2.45) is 0 Å². The molecule has 0 bridgehead atoms. The first kappa shape index (κ1) is 17.4. The smallest absolute Gasteiger partial charge is 0.337 e. The molecule has 0 aliphatic carbocycles. The summed E-state index contributed by atoms with van der Waals surface area (Å²) in [5, 5.41) is 10.6. The minimum absolute atomic E-state index is 0.0763. The second-order valence-corrected chi connectivity index (χ2v) is 6.73. The standard InChI is InChI=1S/C15H14N2O6S/c1-16(12-5-3-11(4-6-12)15(18)23-2)24(21,22)14-9-7-13(8-10-14)17(19)20/h3-10H,1-2H3. The molecule has 0 N–H and O–H groups in total. The Hall–Kier alpha value is -2.94. The highest BCUT2D eigenvalue weighted by Crippen LogP contribution is 2.24. The highest BCUT2D eigenvalue weighted by Gasteiger charge is 2.22. The third-order valence-electron chi connectivity index (χ3n) is 3.36. The normalized spacial score (nSPS) is 10.9. The quantitative estimate of drug-likeness (QED) is 0.465. The summed E-state index contributed by atoms with van der Waals surface area (Å²) in [5.41, 5.74) is 0.433. The molecule has 0 heterocycles. The number of nitrogens with zero attached hydrogens (tertiary/aromatic N) is 2.